The minimum absolute atomic E-state index is 0.0135. The molecule has 0 saturated carbocycles. The molecule has 2 aliphatic rings. The lowest BCUT2D eigenvalue weighted by molar-refractivity contribution is 0.102. The van der Waals surface area contributed by atoms with Crippen molar-refractivity contribution in [2.75, 3.05) is 17.6 Å². The Balaban J connectivity index is 1.50. The highest BCUT2D eigenvalue weighted by molar-refractivity contribution is 8.17. The summed E-state index contributed by atoms with van der Waals surface area (Å²) >= 11 is 1.31. The number of nitrogens with one attached hydrogen (secondary N) is 1. The average Bonchev–Trinajstić information content (AvgIpc) is 3.05. The number of rotatable bonds is 3. The van der Waals surface area contributed by atoms with E-state index in [1.165, 1.54) is 11.8 Å². The quantitative estimate of drug-likeness (QED) is 0.879. The fraction of sp³-hybridized carbons (Fsp3) is 0.111. The predicted octanol–water partition coefficient (Wildman–Crippen LogP) is 2.99. The summed E-state index contributed by atoms with van der Waals surface area (Å²) in [5, 5.41) is 5.26. The Labute approximate surface area is 155 Å². The standard InChI is InChI=1S/C18H15N3O3S2/c22-17(14-4-2-1-3-5-14)19-15-8-6-13(7-9-15)16-12-25-18-20-26(23,24)11-10-21(16)18/h1-9,12H,10-11H2,(H,19,22). The smallest absolute Gasteiger partial charge is 0.257 e. The molecule has 1 amide bonds. The number of hydrogen-bond acceptors (Lipinski definition) is 5. The maximum absolute atomic E-state index is 12.2. The SMILES string of the molecule is O=C(Nc1ccc(C2=CSC3=NS(=O)(=O)CCN23)cc1)c1ccccc1. The number of amides is 1. The van der Waals surface area contributed by atoms with Crippen molar-refractivity contribution in [2.45, 2.75) is 0 Å². The van der Waals surface area contributed by atoms with Crippen molar-refractivity contribution >= 4 is 44.2 Å². The van der Waals surface area contributed by atoms with Gasteiger partial charge in [0.1, 0.15) is 0 Å². The van der Waals surface area contributed by atoms with Crippen molar-refractivity contribution in [3.63, 3.8) is 0 Å². The summed E-state index contributed by atoms with van der Waals surface area (Å²) in [5.41, 5.74) is 3.16. The molecule has 0 spiro atoms. The maximum Gasteiger partial charge on any atom is 0.257 e. The molecule has 0 radical (unpaired) electrons. The van der Waals surface area contributed by atoms with Gasteiger partial charge in [0, 0.05) is 23.2 Å². The fourth-order valence-corrected chi connectivity index (χ4v) is 4.89. The molecule has 132 valence electrons. The van der Waals surface area contributed by atoms with Gasteiger partial charge in [-0.25, -0.2) is 8.42 Å². The molecule has 0 aromatic heterocycles. The van der Waals surface area contributed by atoms with Gasteiger partial charge < -0.3 is 10.2 Å². The lowest BCUT2D eigenvalue weighted by Crippen LogP contribution is -2.34. The van der Waals surface area contributed by atoms with Gasteiger partial charge in [-0.05, 0) is 29.8 Å². The highest BCUT2D eigenvalue weighted by Gasteiger charge is 2.31. The fourth-order valence-electron chi connectivity index (χ4n) is 2.74. The van der Waals surface area contributed by atoms with Crippen LogP contribution in [-0.2, 0) is 10.0 Å². The van der Waals surface area contributed by atoms with Gasteiger partial charge in [0.2, 0.25) is 0 Å². The van der Waals surface area contributed by atoms with Crippen LogP contribution in [0.3, 0.4) is 0 Å². The zero-order chi connectivity index (χ0) is 18.1. The molecule has 0 atom stereocenters. The molecular formula is C18H15N3O3S2. The molecule has 0 bridgehead atoms. The van der Waals surface area contributed by atoms with Crippen LogP contribution in [0.4, 0.5) is 5.69 Å². The predicted molar refractivity (Wildman–Crippen MR) is 104 cm³/mol. The van der Waals surface area contributed by atoms with Gasteiger partial charge in [-0.15, -0.1) is 4.40 Å². The van der Waals surface area contributed by atoms with Crippen LogP contribution in [0, 0.1) is 0 Å². The van der Waals surface area contributed by atoms with Crippen LogP contribution in [-0.4, -0.2) is 36.7 Å². The molecule has 8 heteroatoms. The number of thioether (sulfide) groups is 1. The van der Waals surface area contributed by atoms with E-state index in [0.29, 0.717) is 23.0 Å². The minimum Gasteiger partial charge on any atom is -0.322 e. The molecule has 2 aliphatic heterocycles. The molecule has 2 aromatic rings. The van der Waals surface area contributed by atoms with E-state index < -0.39 is 10.0 Å². The summed E-state index contributed by atoms with van der Waals surface area (Å²) < 4.78 is 27.0. The monoisotopic (exact) mass is 385 g/mol. The van der Waals surface area contributed by atoms with Gasteiger partial charge >= 0.3 is 0 Å². The van der Waals surface area contributed by atoms with Crippen molar-refractivity contribution in [3.8, 4) is 0 Å². The molecule has 0 saturated heterocycles. The van der Waals surface area contributed by atoms with E-state index in [4.69, 9.17) is 0 Å². The van der Waals surface area contributed by atoms with Crippen molar-refractivity contribution in [2.24, 2.45) is 4.40 Å². The third kappa shape index (κ3) is 3.38. The van der Waals surface area contributed by atoms with Crippen molar-refractivity contribution < 1.29 is 13.2 Å². The van der Waals surface area contributed by atoms with Crippen LogP contribution in [0.1, 0.15) is 15.9 Å². The van der Waals surface area contributed by atoms with Crippen LogP contribution >= 0.6 is 11.8 Å². The Hall–Kier alpha value is -2.58. The Morgan fingerprint density at radius 2 is 1.81 bits per heavy atom. The molecular weight excluding hydrogens is 370 g/mol. The number of hydrogen-bond donors (Lipinski definition) is 1. The van der Waals surface area contributed by atoms with E-state index >= 15 is 0 Å². The first-order chi connectivity index (χ1) is 12.5. The third-order valence-corrected chi connectivity index (χ3v) is 6.19. The van der Waals surface area contributed by atoms with Gasteiger partial charge in [0.25, 0.3) is 15.9 Å². The Bertz CT molecular complexity index is 1010. The number of benzene rings is 2. The number of fused-ring (bicyclic) bond motifs is 1. The zero-order valence-electron chi connectivity index (χ0n) is 13.6. The van der Waals surface area contributed by atoms with E-state index in [2.05, 4.69) is 9.71 Å². The van der Waals surface area contributed by atoms with Crippen LogP contribution in [0.5, 0.6) is 0 Å². The molecule has 26 heavy (non-hydrogen) atoms. The summed E-state index contributed by atoms with van der Waals surface area (Å²) in [7, 11) is -3.34. The average molecular weight is 385 g/mol. The molecule has 6 nitrogen and oxygen atoms in total. The molecule has 4 rings (SSSR count). The number of anilines is 1. The highest BCUT2D eigenvalue weighted by Crippen LogP contribution is 2.35. The van der Waals surface area contributed by atoms with Crippen molar-refractivity contribution in [3.05, 3.63) is 71.1 Å². The van der Waals surface area contributed by atoms with Crippen LogP contribution in [0.2, 0.25) is 0 Å². The first-order valence-corrected chi connectivity index (χ1v) is 10.4. The van der Waals surface area contributed by atoms with E-state index in [1.54, 1.807) is 12.1 Å². The summed E-state index contributed by atoms with van der Waals surface area (Å²) in [4.78, 5) is 14.1. The van der Waals surface area contributed by atoms with Crippen LogP contribution in [0.25, 0.3) is 5.70 Å². The number of nitrogens with zero attached hydrogens (tertiary/aromatic N) is 2. The normalized spacial score (nSPS) is 17.9. The van der Waals surface area contributed by atoms with E-state index in [1.807, 2.05) is 52.8 Å². The van der Waals surface area contributed by atoms with Crippen molar-refractivity contribution in [1.29, 1.82) is 0 Å². The highest BCUT2D eigenvalue weighted by atomic mass is 32.2. The van der Waals surface area contributed by atoms with Gasteiger partial charge in [-0.1, -0.05) is 42.1 Å². The first-order valence-electron chi connectivity index (χ1n) is 7.96. The Morgan fingerprint density at radius 3 is 2.54 bits per heavy atom. The van der Waals surface area contributed by atoms with Gasteiger partial charge in [0.15, 0.2) is 5.17 Å². The summed E-state index contributed by atoms with van der Waals surface area (Å²) in [6.45, 7) is 0.395. The molecule has 0 fully saturated rings. The van der Waals surface area contributed by atoms with E-state index in [9.17, 15) is 13.2 Å². The summed E-state index contributed by atoms with van der Waals surface area (Å²) in [5.74, 6) is -0.149. The molecule has 0 unspecified atom stereocenters. The van der Waals surface area contributed by atoms with Gasteiger partial charge in [-0.3, -0.25) is 4.79 Å². The third-order valence-electron chi connectivity index (χ3n) is 4.06. The summed E-state index contributed by atoms with van der Waals surface area (Å²) in [6.07, 6.45) is 0. The second kappa shape index (κ2) is 6.62. The minimum atomic E-state index is -3.34. The van der Waals surface area contributed by atoms with Crippen LogP contribution < -0.4 is 5.32 Å². The largest absolute Gasteiger partial charge is 0.322 e. The van der Waals surface area contributed by atoms with Gasteiger partial charge in [0.05, 0.1) is 11.4 Å². The topological polar surface area (TPSA) is 78.8 Å². The second-order valence-electron chi connectivity index (χ2n) is 5.83. The lowest BCUT2D eigenvalue weighted by Gasteiger charge is -2.25. The molecule has 0 aliphatic carbocycles. The lowest BCUT2D eigenvalue weighted by atomic mass is 10.1. The first kappa shape index (κ1) is 16.9. The zero-order valence-corrected chi connectivity index (χ0v) is 15.3. The Kier molecular flexibility index (Phi) is 4.29. The van der Waals surface area contributed by atoms with Crippen LogP contribution in [0.15, 0.2) is 64.4 Å². The number of amidine groups is 1. The maximum atomic E-state index is 12.2. The Morgan fingerprint density at radius 1 is 1.08 bits per heavy atom. The molecule has 1 N–H and O–H groups in total. The van der Waals surface area contributed by atoms with Gasteiger partial charge in [-0.2, -0.15) is 0 Å². The number of carbonyl (C=O) groups is 1. The molecule has 2 aromatic carbocycles. The van der Waals surface area contributed by atoms with E-state index in [-0.39, 0.29) is 11.7 Å². The number of sulfonamides is 1. The second-order valence-corrected chi connectivity index (χ2v) is 8.42. The molecule has 2 heterocycles. The van der Waals surface area contributed by atoms with E-state index in [0.717, 1.165) is 11.3 Å². The van der Waals surface area contributed by atoms with Crippen molar-refractivity contribution in [1.82, 2.24) is 4.90 Å². The number of carbonyl (C=O) groups excluding carboxylic acids is 1. The summed E-state index contributed by atoms with van der Waals surface area (Å²) in [6, 6.07) is 16.5.